The van der Waals surface area contributed by atoms with Crippen LogP contribution in [-0.2, 0) is 11.3 Å². The Labute approximate surface area is 118 Å². The van der Waals surface area contributed by atoms with Crippen LogP contribution in [0.1, 0.15) is 11.7 Å². The molecule has 110 valence electrons. The van der Waals surface area contributed by atoms with Crippen LogP contribution >= 0.6 is 0 Å². The third-order valence-electron chi connectivity index (χ3n) is 3.20. The van der Waals surface area contributed by atoms with Gasteiger partial charge in [0.05, 0.1) is 13.1 Å². The van der Waals surface area contributed by atoms with E-state index in [0.717, 1.165) is 26.2 Å². The Balaban J connectivity index is 1.69. The van der Waals surface area contributed by atoms with Crippen molar-refractivity contribution in [1.82, 2.24) is 25.3 Å². The van der Waals surface area contributed by atoms with Gasteiger partial charge in [-0.05, 0) is 6.92 Å². The van der Waals surface area contributed by atoms with E-state index in [1.54, 1.807) is 6.08 Å². The van der Waals surface area contributed by atoms with Crippen molar-refractivity contribution in [1.29, 1.82) is 0 Å². The second-order valence-corrected chi connectivity index (χ2v) is 4.88. The maximum Gasteiger partial charge on any atom is 0.240 e. The summed E-state index contributed by atoms with van der Waals surface area (Å²) in [5.74, 6) is 1.36. The van der Waals surface area contributed by atoms with Gasteiger partial charge >= 0.3 is 0 Å². The van der Waals surface area contributed by atoms with E-state index in [2.05, 4.69) is 31.8 Å². The van der Waals surface area contributed by atoms with Crippen LogP contribution in [0.25, 0.3) is 0 Å². The van der Waals surface area contributed by atoms with Crippen LogP contribution in [0, 0.1) is 6.92 Å². The van der Waals surface area contributed by atoms with E-state index in [1.165, 1.54) is 0 Å². The Morgan fingerprint density at radius 1 is 1.40 bits per heavy atom. The molecule has 0 aliphatic carbocycles. The normalized spacial score (nSPS) is 17.1. The predicted molar refractivity (Wildman–Crippen MR) is 74.0 cm³/mol. The largest absolute Gasteiger partial charge is 0.352 e. The topological polar surface area (TPSA) is 74.5 Å². The van der Waals surface area contributed by atoms with Gasteiger partial charge in [0, 0.05) is 32.7 Å². The second kappa shape index (κ2) is 7.16. The van der Waals surface area contributed by atoms with Gasteiger partial charge < -0.3 is 9.84 Å². The zero-order valence-corrected chi connectivity index (χ0v) is 11.8. The Morgan fingerprint density at radius 3 is 2.70 bits per heavy atom. The number of nitrogens with zero attached hydrogens (tertiary/aromatic N) is 4. The molecular weight excluding hydrogens is 258 g/mol. The summed E-state index contributed by atoms with van der Waals surface area (Å²) in [7, 11) is 0. The molecule has 1 saturated heterocycles. The maximum absolute atomic E-state index is 11.6. The minimum atomic E-state index is 0.0471. The van der Waals surface area contributed by atoms with E-state index in [9.17, 15) is 4.79 Å². The highest BCUT2D eigenvalue weighted by atomic mass is 16.5. The van der Waals surface area contributed by atoms with E-state index >= 15 is 0 Å². The van der Waals surface area contributed by atoms with Gasteiger partial charge in [-0.25, -0.2) is 0 Å². The monoisotopic (exact) mass is 279 g/mol. The lowest BCUT2D eigenvalue weighted by Crippen LogP contribution is -2.49. The molecule has 0 saturated carbocycles. The van der Waals surface area contributed by atoms with Crippen molar-refractivity contribution in [2.24, 2.45) is 0 Å². The maximum atomic E-state index is 11.6. The zero-order valence-electron chi connectivity index (χ0n) is 11.8. The molecule has 1 fully saturated rings. The standard InChI is InChI=1S/C13H21N5O2/c1-3-4-14-12(19)9-17-5-7-18(8-6-17)10-13-15-11(2)16-20-13/h3H,1,4-10H2,2H3,(H,14,19). The molecule has 0 atom stereocenters. The van der Waals surface area contributed by atoms with Gasteiger partial charge in [0.25, 0.3) is 0 Å². The van der Waals surface area contributed by atoms with Crippen molar-refractivity contribution in [3.05, 3.63) is 24.4 Å². The van der Waals surface area contributed by atoms with Gasteiger partial charge in [-0.2, -0.15) is 4.98 Å². The number of rotatable bonds is 6. The summed E-state index contributed by atoms with van der Waals surface area (Å²) in [4.78, 5) is 20.2. The van der Waals surface area contributed by atoms with Gasteiger partial charge in [0.15, 0.2) is 5.82 Å². The van der Waals surface area contributed by atoms with E-state index in [4.69, 9.17) is 4.52 Å². The van der Waals surface area contributed by atoms with Crippen LogP contribution in [0.2, 0.25) is 0 Å². The summed E-state index contributed by atoms with van der Waals surface area (Å²) < 4.78 is 5.11. The Hall–Kier alpha value is -1.73. The van der Waals surface area contributed by atoms with E-state index in [0.29, 0.717) is 31.3 Å². The van der Waals surface area contributed by atoms with E-state index in [-0.39, 0.29) is 5.91 Å². The van der Waals surface area contributed by atoms with Crippen LogP contribution in [0.3, 0.4) is 0 Å². The first-order valence-corrected chi connectivity index (χ1v) is 6.79. The molecule has 0 spiro atoms. The number of hydrogen-bond donors (Lipinski definition) is 1. The molecule has 1 aromatic rings. The van der Waals surface area contributed by atoms with Crippen LogP contribution in [0.5, 0.6) is 0 Å². The molecule has 0 unspecified atom stereocenters. The fraction of sp³-hybridized carbons (Fsp3) is 0.615. The third kappa shape index (κ3) is 4.43. The first-order valence-electron chi connectivity index (χ1n) is 6.79. The molecule has 1 aliphatic rings. The first-order chi connectivity index (χ1) is 9.67. The summed E-state index contributed by atoms with van der Waals surface area (Å²) in [5, 5.41) is 6.57. The molecule has 0 radical (unpaired) electrons. The minimum Gasteiger partial charge on any atom is -0.352 e. The van der Waals surface area contributed by atoms with Crippen molar-refractivity contribution in [3.8, 4) is 0 Å². The van der Waals surface area contributed by atoms with Gasteiger partial charge in [-0.3, -0.25) is 14.6 Å². The summed E-state index contributed by atoms with van der Waals surface area (Å²) in [6.45, 7) is 10.6. The molecule has 0 aromatic carbocycles. The Bertz CT molecular complexity index is 451. The number of amides is 1. The number of aryl methyl sites for hydroxylation is 1. The number of nitrogens with one attached hydrogen (secondary N) is 1. The van der Waals surface area contributed by atoms with Crippen LogP contribution < -0.4 is 5.32 Å². The van der Waals surface area contributed by atoms with Crippen molar-refractivity contribution >= 4 is 5.91 Å². The minimum absolute atomic E-state index is 0.0471. The predicted octanol–water partition coefficient (Wildman–Crippen LogP) is -0.202. The lowest BCUT2D eigenvalue weighted by atomic mass is 10.3. The number of carbonyl (C=O) groups is 1. The van der Waals surface area contributed by atoms with Gasteiger partial charge in [0.2, 0.25) is 11.8 Å². The highest BCUT2D eigenvalue weighted by Gasteiger charge is 2.20. The zero-order chi connectivity index (χ0) is 14.4. The second-order valence-electron chi connectivity index (χ2n) is 4.88. The first kappa shape index (κ1) is 14.7. The number of piperazine rings is 1. The van der Waals surface area contributed by atoms with Crippen LogP contribution in [-0.4, -0.2) is 65.1 Å². The van der Waals surface area contributed by atoms with Crippen LogP contribution in [0.15, 0.2) is 17.2 Å². The smallest absolute Gasteiger partial charge is 0.240 e. The van der Waals surface area contributed by atoms with Gasteiger partial charge in [-0.1, -0.05) is 11.2 Å². The molecule has 7 heteroatoms. The van der Waals surface area contributed by atoms with Crippen LogP contribution in [0.4, 0.5) is 0 Å². The molecule has 0 bridgehead atoms. The summed E-state index contributed by atoms with van der Waals surface area (Å²) in [6.07, 6.45) is 1.68. The van der Waals surface area contributed by atoms with E-state index in [1.807, 2.05) is 6.92 Å². The average molecular weight is 279 g/mol. The van der Waals surface area contributed by atoms with Crippen molar-refractivity contribution in [3.63, 3.8) is 0 Å². The fourth-order valence-electron chi connectivity index (χ4n) is 2.15. The lowest BCUT2D eigenvalue weighted by Gasteiger charge is -2.33. The Morgan fingerprint density at radius 2 is 2.10 bits per heavy atom. The van der Waals surface area contributed by atoms with Crippen molar-refractivity contribution in [2.75, 3.05) is 39.3 Å². The fourth-order valence-corrected chi connectivity index (χ4v) is 2.15. The van der Waals surface area contributed by atoms with Gasteiger partial charge in [0.1, 0.15) is 0 Å². The quantitative estimate of drug-likeness (QED) is 0.727. The molecule has 20 heavy (non-hydrogen) atoms. The highest BCUT2D eigenvalue weighted by Crippen LogP contribution is 2.06. The molecule has 1 amide bonds. The van der Waals surface area contributed by atoms with Crippen molar-refractivity contribution in [2.45, 2.75) is 13.5 Å². The summed E-state index contributed by atoms with van der Waals surface area (Å²) in [5.41, 5.74) is 0. The molecule has 1 aromatic heterocycles. The third-order valence-corrected chi connectivity index (χ3v) is 3.20. The molecule has 2 rings (SSSR count). The number of hydrogen-bond acceptors (Lipinski definition) is 6. The summed E-state index contributed by atoms with van der Waals surface area (Å²) >= 11 is 0. The summed E-state index contributed by atoms with van der Waals surface area (Å²) in [6, 6.07) is 0. The Kier molecular flexibility index (Phi) is 5.25. The molecule has 2 heterocycles. The SMILES string of the molecule is C=CCNC(=O)CN1CCN(Cc2nc(C)no2)CC1. The highest BCUT2D eigenvalue weighted by molar-refractivity contribution is 5.78. The molecule has 1 aliphatic heterocycles. The number of aromatic nitrogens is 2. The lowest BCUT2D eigenvalue weighted by molar-refractivity contribution is -0.122. The van der Waals surface area contributed by atoms with Gasteiger partial charge in [-0.15, -0.1) is 6.58 Å². The molecule has 7 nitrogen and oxygen atoms in total. The molecule has 1 N–H and O–H groups in total. The average Bonchev–Trinajstić information content (AvgIpc) is 2.84. The molecular formula is C13H21N5O2. The van der Waals surface area contributed by atoms with Crippen molar-refractivity contribution < 1.29 is 9.32 Å². The van der Waals surface area contributed by atoms with E-state index < -0.39 is 0 Å². The number of carbonyl (C=O) groups excluding carboxylic acids is 1.